The van der Waals surface area contributed by atoms with E-state index in [-0.39, 0.29) is 0 Å². The molecule has 10 atom stereocenters. The maximum atomic E-state index is 2.61. The third-order valence-corrected chi connectivity index (χ3v) is 13.9. The standard InChI is InChI=1S/C23H42.C16H30/c1-5-6-9-21-17(4)15-20-8-7-10-22(20)23(21)19-13-11-18(12-14-19)16(2)3;1-4-13-7-9-14(5-2)16(11-13)15-8-6-12(3)10-15/h16-23H,5-15H2,1-4H3;12-16H,4-11H2,1-3H3. The first kappa shape index (κ1) is 31.9. The Morgan fingerprint density at radius 2 is 1.36 bits per heavy atom. The minimum Gasteiger partial charge on any atom is -0.0654 e. The lowest BCUT2D eigenvalue weighted by atomic mass is 9.56. The normalized spacial score (nSPS) is 44.6. The molecule has 0 spiro atoms. The molecule has 5 fully saturated rings. The van der Waals surface area contributed by atoms with Gasteiger partial charge in [0.05, 0.1) is 0 Å². The highest BCUT2D eigenvalue weighted by atomic mass is 14.5. The van der Waals surface area contributed by atoms with Gasteiger partial charge in [0, 0.05) is 0 Å². The SMILES string of the molecule is CCC1CCC(CC)C(C2CCC(C)C2)C1.CCCCC1C(C)CC2CCCC2C1C1CCC(C(C)C)CC1. The molecule has 0 heterocycles. The van der Waals surface area contributed by atoms with Crippen LogP contribution < -0.4 is 0 Å². The maximum Gasteiger partial charge on any atom is -0.0324 e. The van der Waals surface area contributed by atoms with Crippen molar-refractivity contribution in [1.29, 1.82) is 0 Å². The third-order valence-electron chi connectivity index (χ3n) is 13.9. The van der Waals surface area contributed by atoms with Crippen molar-refractivity contribution in [2.45, 2.75) is 170 Å². The Labute approximate surface area is 247 Å². The van der Waals surface area contributed by atoms with Crippen LogP contribution in [0.15, 0.2) is 0 Å². The first-order chi connectivity index (χ1) is 18.9. The highest BCUT2D eigenvalue weighted by molar-refractivity contribution is 4.97. The Morgan fingerprint density at radius 3 is 1.97 bits per heavy atom. The average Bonchev–Trinajstić information content (AvgIpc) is 3.60. The van der Waals surface area contributed by atoms with Crippen LogP contribution in [0.3, 0.4) is 0 Å². The molecule has 0 N–H and O–H groups in total. The molecule has 5 saturated carbocycles. The van der Waals surface area contributed by atoms with E-state index in [1.165, 1.54) is 70.6 Å². The van der Waals surface area contributed by atoms with Crippen molar-refractivity contribution in [3.05, 3.63) is 0 Å². The monoisotopic (exact) mass is 541 g/mol. The highest BCUT2D eigenvalue weighted by Gasteiger charge is 2.47. The number of fused-ring (bicyclic) bond motifs is 1. The molecule has 10 unspecified atom stereocenters. The van der Waals surface area contributed by atoms with Crippen molar-refractivity contribution in [3.63, 3.8) is 0 Å². The fraction of sp³-hybridized carbons (Fsp3) is 1.00. The van der Waals surface area contributed by atoms with Gasteiger partial charge in [-0.3, -0.25) is 0 Å². The van der Waals surface area contributed by atoms with Crippen LogP contribution in [0.2, 0.25) is 0 Å². The number of rotatable bonds is 8. The molecule has 39 heavy (non-hydrogen) atoms. The van der Waals surface area contributed by atoms with Gasteiger partial charge in [0.2, 0.25) is 0 Å². The summed E-state index contributed by atoms with van der Waals surface area (Å²) in [5.41, 5.74) is 0. The third kappa shape index (κ3) is 8.09. The summed E-state index contributed by atoms with van der Waals surface area (Å²) >= 11 is 0. The summed E-state index contributed by atoms with van der Waals surface area (Å²) < 4.78 is 0. The second-order valence-corrected chi connectivity index (χ2v) is 16.5. The van der Waals surface area contributed by atoms with Gasteiger partial charge >= 0.3 is 0 Å². The molecule has 0 saturated heterocycles. The average molecular weight is 541 g/mol. The molecule has 5 aliphatic rings. The van der Waals surface area contributed by atoms with E-state index in [0.29, 0.717) is 0 Å². The summed E-state index contributed by atoms with van der Waals surface area (Å²) in [6.45, 7) is 17.2. The van der Waals surface area contributed by atoms with Gasteiger partial charge in [-0.05, 0) is 148 Å². The first-order valence-corrected chi connectivity index (χ1v) is 18.9. The van der Waals surface area contributed by atoms with E-state index < -0.39 is 0 Å². The van der Waals surface area contributed by atoms with Crippen LogP contribution in [0.5, 0.6) is 0 Å². The lowest BCUT2D eigenvalue weighted by molar-refractivity contribution is -0.00486. The van der Waals surface area contributed by atoms with E-state index in [2.05, 4.69) is 48.5 Å². The van der Waals surface area contributed by atoms with Gasteiger partial charge in [-0.15, -0.1) is 0 Å². The molecule has 0 bridgehead atoms. The second-order valence-electron chi connectivity index (χ2n) is 16.5. The Morgan fingerprint density at radius 1 is 0.641 bits per heavy atom. The zero-order chi connectivity index (χ0) is 27.9. The lowest BCUT2D eigenvalue weighted by Gasteiger charge is -2.50. The van der Waals surface area contributed by atoms with Crippen molar-refractivity contribution in [1.82, 2.24) is 0 Å². The zero-order valence-electron chi connectivity index (χ0n) is 27.9. The quantitative estimate of drug-likeness (QED) is 0.287. The predicted octanol–water partition coefficient (Wildman–Crippen LogP) is 12.6. The minimum atomic E-state index is 0.913. The van der Waals surface area contributed by atoms with Gasteiger partial charge in [-0.1, -0.05) is 99.8 Å². The van der Waals surface area contributed by atoms with Crippen molar-refractivity contribution in [2.24, 2.45) is 76.9 Å². The maximum absolute atomic E-state index is 2.61. The number of hydrogen-bond acceptors (Lipinski definition) is 0. The van der Waals surface area contributed by atoms with Crippen LogP contribution in [0.1, 0.15) is 170 Å². The lowest BCUT2D eigenvalue weighted by Crippen LogP contribution is -2.42. The van der Waals surface area contributed by atoms with Crippen molar-refractivity contribution >= 4 is 0 Å². The first-order valence-electron chi connectivity index (χ1n) is 18.9. The summed E-state index contributed by atoms with van der Waals surface area (Å²) in [5, 5.41) is 0. The molecule has 0 aromatic rings. The molecular formula is C39H72. The molecular weight excluding hydrogens is 468 g/mol. The van der Waals surface area contributed by atoms with Crippen molar-refractivity contribution in [2.75, 3.05) is 0 Å². The zero-order valence-corrected chi connectivity index (χ0v) is 27.9. The van der Waals surface area contributed by atoms with Crippen LogP contribution in [-0.4, -0.2) is 0 Å². The molecule has 0 radical (unpaired) electrons. The molecule has 5 rings (SSSR count). The van der Waals surface area contributed by atoms with Crippen molar-refractivity contribution in [3.8, 4) is 0 Å². The van der Waals surface area contributed by atoms with Gasteiger partial charge in [0.25, 0.3) is 0 Å². The summed E-state index contributed by atoms with van der Waals surface area (Å²) in [5.74, 6) is 13.8. The van der Waals surface area contributed by atoms with Crippen LogP contribution in [0, 0.1) is 76.9 Å². The highest BCUT2D eigenvalue weighted by Crippen LogP contribution is 2.56. The van der Waals surface area contributed by atoms with Gasteiger partial charge in [-0.2, -0.15) is 0 Å². The smallest absolute Gasteiger partial charge is 0.0324 e. The molecule has 0 heteroatoms. The number of hydrogen-bond donors (Lipinski definition) is 0. The Hall–Kier alpha value is 0. The van der Waals surface area contributed by atoms with E-state index in [9.17, 15) is 0 Å². The molecule has 5 aliphatic carbocycles. The van der Waals surface area contributed by atoms with E-state index >= 15 is 0 Å². The molecule has 0 aromatic heterocycles. The Bertz CT molecular complexity index is 670. The summed E-state index contributed by atoms with van der Waals surface area (Å²) in [6, 6.07) is 0. The summed E-state index contributed by atoms with van der Waals surface area (Å²) in [7, 11) is 0. The van der Waals surface area contributed by atoms with Crippen LogP contribution in [0.4, 0.5) is 0 Å². The van der Waals surface area contributed by atoms with E-state index in [0.717, 1.165) is 76.9 Å². The van der Waals surface area contributed by atoms with Crippen LogP contribution in [0.25, 0.3) is 0 Å². The summed E-state index contributed by atoms with van der Waals surface area (Å²) in [4.78, 5) is 0. The molecule has 0 aromatic carbocycles. The van der Waals surface area contributed by atoms with Crippen molar-refractivity contribution < 1.29 is 0 Å². The fourth-order valence-corrected chi connectivity index (χ4v) is 11.5. The van der Waals surface area contributed by atoms with Gasteiger partial charge in [-0.25, -0.2) is 0 Å². The van der Waals surface area contributed by atoms with E-state index in [4.69, 9.17) is 0 Å². The Balaban J connectivity index is 0.000000193. The predicted molar refractivity (Wildman–Crippen MR) is 173 cm³/mol. The van der Waals surface area contributed by atoms with Crippen LogP contribution >= 0.6 is 0 Å². The van der Waals surface area contributed by atoms with E-state index in [1.807, 2.05) is 0 Å². The topological polar surface area (TPSA) is 0 Å². The van der Waals surface area contributed by atoms with Gasteiger partial charge in [0.1, 0.15) is 0 Å². The summed E-state index contributed by atoms with van der Waals surface area (Å²) in [6.07, 6.45) is 28.9. The Kier molecular flexibility index (Phi) is 12.7. The van der Waals surface area contributed by atoms with Gasteiger partial charge in [0.15, 0.2) is 0 Å². The molecule has 0 aliphatic heterocycles. The minimum absolute atomic E-state index is 0.913. The number of unbranched alkanes of at least 4 members (excludes halogenated alkanes) is 1. The van der Waals surface area contributed by atoms with Crippen LogP contribution in [-0.2, 0) is 0 Å². The largest absolute Gasteiger partial charge is 0.0654 e. The molecule has 0 nitrogen and oxygen atoms in total. The van der Waals surface area contributed by atoms with Gasteiger partial charge < -0.3 is 0 Å². The fourth-order valence-electron chi connectivity index (χ4n) is 11.5. The molecule has 228 valence electrons. The second kappa shape index (κ2) is 15.5. The molecule has 0 amide bonds. The van der Waals surface area contributed by atoms with E-state index in [1.54, 1.807) is 51.4 Å².